The predicted molar refractivity (Wildman–Crippen MR) is 94.1 cm³/mol. The number of hydrogen-bond donors (Lipinski definition) is 2. The Hall–Kier alpha value is -0.430. The van der Waals surface area contributed by atoms with Crippen molar-refractivity contribution in [3.8, 4) is 0 Å². The molecule has 4 aliphatic carbocycles. The van der Waals surface area contributed by atoms with E-state index in [-0.39, 0.29) is 16.9 Å². The van der Waals surface area contributed by atoms with Gasteiger partial charge in [0.15, 0.2) is 0 Å². The van der Waals surface area contributed by atoms with Crippen molar-refractivity contribution in [3.63, 3.8) is 0 Å². The number of rotatable bonds is 2. The van der Waals surface area contributed by atoms with Gasteiger partial charge in [0.25, 0.3) is 0 Å². The number of fused-ring (bicyclic) bond motifs is 5. The molecule has 3 saturated carbocycles. The van der Waals surface area contributed by atoms with E-state index in [4.69, 9.17) is 8.74 Å². The first kappa shape index (κ1) is 18.0. The van der Waals surface area contributed by atoms with Gasteiger partial charge < -0.3 is 5.11 Å². The summed E-state index contributed by atoms with van der Waals surface area (Å²) in [6, 6.07) is 0. The summed E-state index contributed by atoms with van der Waals surface area (Å²) < 4.78 is 35.9. The Morgan fingerprint density at radius 1 is 1.12 bits per heavy atom. The summed E-state index contributed by atoms with van der Waals surface area (Å²) in [7, 11) is -4.39. The number of aliphatic hydroxyl groups is 1. The first-order valence-electron chi connectivity index (χ1n) is 9.67. The third-order valence-corrected chi connectivity index (χ3v) is 8.78. The molecule has 0 spiro atoms. The van der Waals surface area contributed by atoms with Crippen LogP contribution in [0.3, 0.4) is 0 Å². The van der Waals surface area contributed by atoms with E-state index in [1.807, 2.05) is 0 Å². The normalized spacial score (nSPS) is 49.8. The quantitative estimate of drug-likeness (QED) is 0.574. The lowest BCUT2D eigenvalue weighted by molar-refractivity contribution is -0.0703. The number of hydrogen-bond acceptors (Lipinski definition) is 4. The summed E-state index contributed by atoms with van der Waals surface area (Å²) in [5, 5.41) is 10.5. The molecule has 3 fully saturated rings. The fourth-order valence-corrected chi connectivity index (χ4v) is 7.36. The second kappa shape index (κ2) is 5.78. The van der Waals surface area contributed by atoms with Gasteiger partial charge in [-0.2, -0.15) is 8.42 Å². The van der Waals surface area contributed by atoms with E-state index in [1.54, 1.807) is 0 Å². The maximum atomic E-state index is 11.0. The average Bonchev–Trinajstić information content (AvgIpc) is 2.82. The summed E-state index contributed by atoms with van der Waals surface area (Å²) in [5.41, 5.74) is 1.50. The van der Waals surface area contributed by atoms with Crippen LogP contribution in [0, 0.1) is 28.6 Å². The van der Waals surface area contributed by atoms with Gasteiger partial charge in [0.2, 0.25) is 0 Å². The molecule has 0 aliphatic heterocycles. The van der Waals surface area contributed by atoms with Gasteiger partial charge in [-0.1, -0.05) is 25.5 Å². The molecule has 142 valence electrons. The largest absolute Gasteiger partial charge is 0.397 e. The molecule has 0 amide bonds. The third kappa shape index (κ3) is 2.80. The molecule has 4 aliphatic rings. The van der Waals surface area contributed by atoms with Gasteiger partial charge in [-0.25, -0.2) is 4.18 Å². The standard InChI is InChI=1S/C19H30O5S/c1-18-9-7-13(24-25(21,22)23)11-12(18)3-4-14-15-5-6-17(20)19(15,2)10-8-16(14)18/h3,13-17,20H,4-11H2,1-2H3,(H,21,22,23). The summed E-state index contributed by atoms with van der Waals surface area (Å²) in [4.78, 5) is 0. The lowest BCUT2D eigenvalue weighted by atomic mass is 9.48. The van der Waals surface area contributed by atoms with Crippen LogP contribution in [0.1, 0.15) is 65.2 Å². The highest BCUT2D eigenvalue weighted by atomic mass is 32.3. The lowest BCUT2D eigenvalue weighted by Crippen LogP contribution is -2.51. The Morgan fingerprint density at radius 3 is 2.60 bits per heavy atom. The van der Waals surface area contributed by atoms with Crippen molar-refractivity contribution in [2.75, 3.05) is 0 Å². The molecule has 7 unspecified atom stereocenters. The van der Waals surface area contributed by atoms with Crippen molar-refractivity contribution in [2.45, 2.75) is 77.4 Å². The van der Waals surface area contributed by atoms with Crippen LogP contribution < -0.4 is 0 Å². The maximum Gasteiger partial charge on any atom is 0.397 e. The van der Waals surface area contributed by atoms with Crippen LogP contribution in [-0.4, -0.2) is 30.3 Å². The lowest BCUT2D eigenvalue weighted by Gasteiger charge is -2.57. The topological polar surface area (TPSA) is 83.8 Å². The third-order valence-electron chi connectivity index (χ3n) is 8.27. The van der Waals surface area contributed by atoms with Gasteiger partial charge >= 0.3 is 10.4 Å². The predicted octanol–water partition coefficient (Wildman–Crippen LogP) is 3.50. The molecule has 0 heterocycles. The SMILES string of the molecule is CC12CCC(OS(=O)(=O)O)CC1=CCC1C2CCC2(C)C(O)CCC12. The van der Waals surface area contributed by atoms with Gasteiger partial charge in [-0.15, -0.1) is 0 Å². The Labute approximate surface area is 150 Å². The van der Waals surface area contributed by atoms with Gasteiger partial charge in [0, 0.05) is 0 Å². The second-order valence-corrected chi connectivity index (χ2v) is 10.3. The monoisotopic (exact) mass is 370 g/mol. The zero-order valence-electron chi connectivity index (χ0n) is 15.1. The van der Waals surface area contributed by atoms with E-state index < -0.39 is 16.5 Å². The molecule has 4 rings (SSSR count). The molecular weight excluding hydrogens is 340 g/mol. The van der Waals surface area contributed by atoms with Gasteiger partial charge in [0.05, 0.1) is 12.2 Å². The minimum absolute atomic E-state index is 0.0775. The van der Waals surface area contributed by atoms with Gasteiger partial charge in [-0.05, 0) is 80.0 Å². The molecule has 0 saturated heterocycles. The second-order valence-electron chi connectivity index (χ2n) is 9.29. The maximum absolute atomic E-state index is 11.0. The molecule has 0 bridgehead atoms. The van der Waals surface area contributed by atoms with E-state index in [2.05, 4.69) is 19.9 Å². The van der Waals surface area contributed by atoms with Crippen LogP contribution in [-0.2, 0) is 14.6 Å². The van der Waals surface area contributed by atoms with Crippen LogP contribution in [0.4, 0.5) is 0 Å². The van der Waals surface area contributed by atoms with Crippen LogP contribution in [0.5, 0.6) is 0 Å². The molecule has 0 aromatic heterocycles. The first-order valence-corrected chi connectivity index (χ1v) is 11.0. The van der Waals surface area contributed by atoms with Crippen molar-refractivity contribution in [1.82, 2.24) is 0 Å². The van der Waals surface area contributed by atoms with Crippen molar-refractivity contribution >= 4 is 10.4 Å². The molecule has 0 aromatic carbocycles. The van der Waals surface area contributed by atoms with E-state index in [1.165, 1.54) is 5.57 Å². The van der Waals surface area contributed by atoms with Crippen molar-refractivity contribution < 1.29 is 22.3 Å². The Kier molecular flexibility index (Phi) is 4.15. The molecular formula is C19H30O5S. The summed E-state index contributed by atoms with van der Waals surface area (Å²) in [6.07, 6.45) is 9.23. The Morgan fingerprint density at radius 2 is 1.88 bits per heavy atom. The molecule has 2 N–H and O–H groups in total. The zero-order chi connectivity index (χ0) is 18.0. The van der Waals surface area contributed by atoms with E-state index in [9.17, 15) is 13.5 Å². The van der Waals surface area contributed by atoms with Gasteiger partial charge in [0.1, 0.15) is 0 Å². The van der Waals surface area contributed by atoms with E-state index in [0.717, 1.165) is 38.5 Å². The molecule has 6 heteroatoms. The van der Waals surface area contributed by atoms with Crippen molar-refractivity contribution in [2.24, 2.45) is 28.6 Å². The first-order chi connectivity index (χ1) is 11.6. The molecule has 7 atom stereocenters. The zero-order valence-corrected chi connectivity index (χ0v) is 16.0. The molecule has 25 heavy (non-hydrogen) atoms. The summed E-state index contributed by atoms with van der Waals surface area (Å²) >= 11 is 0. The summed E-state index contributed by atoms with van der Waals surface area (Å²) in [6.45, 7) is 4.62. The highest BCUT2D eigenvalue weighted by molar-refractivity contribution is 7.80. The minimum atomic E-state index is -4.39. The van der Waals surface area contributed by atoms with Crippen LogP contribution in [0.15, 0.2) is 11.6 Å². The smallest absolute Gasteiger partial charge is 0.393 e. The fourth-order valence-electron chi connectivity index (χ4n) is 6.85. The Bertz CT molecular complexity index is 686. The van der Waals surface area contributed by atoms with Crippen LogP contribution >= 0.6 is 0 Å². The summed E-state index contributed by atoms with van der Waals surface area (Å²) in [5.74, 6) is 1.84. The number of aliphatic hydroxyl groups excluding tert-OH is 1. The molecule has 0 radical (unpaired) electrons. The number of allylic oxidation sites excluding steroid dienone is 1. The van der Waals surface area contributed by atoms with Crippen molar-refractivity contribution in [1.29, 1.82) is 0 Å². The Balaban J connectivity index is 1.58. The van der Waals surface area contributed by atoms with Gasteiger partial charge in [-0.3, -0.25) is 4.55 Å². The highest BCUT2D eigenvalue weighted by Crippen LogP contribution is 2.64. The fraction of sp³-hybridized carbons (Fsp3) is 0.895. The minimum Gasteiger partial charge on any atom is -0.393 e. The average molecular weight is 371 g/mol. The van der Waals surface area contributed by atoms with Crippen LogP contribution in [0.25, 0.3) is 0 Å². The highest BCUT2D eigenvalue weighted by Gasteiger charge is 2.58. The molecule has 5 nitrogen and oxygen atoms in total. The molecule has 0 aromatic rings. The van der Waals surface area contributed by atoms with Crippen molar-refractivity contribution in [3.05, 3.63) is 11.6 Å². The van der Waals surface area contributed by atoms with E-state index >= 15 is 0 Å². The van der Waals surface area contributed by atoms with Crippen LogP contribution in [0.2, 0.25) is 0 Å². The van der Waals surface area contributed by atoms with E-state index in [0.29, 0.717) is 30.6 Å².